The highest BCUT2D eigenvalue weighted by Gasteiger charge is 2.28. The molecule has 2 fully saturated rings. The van der Waals surface area contributed by atoms with Gasteiger partial charge in [-0.2, -0.15) is 0 Å². The van der Waals surface area contributed by atoms with Crippen LogP contribution in [0.3, 0.4) is 0 Å². The molecular formula is C27H37N5O. The third kappa shape index (κ3) is 4.35. The molecule has 0 bridgehead atoms. The topological polar surface area (TPSA) is 83.5 Å². The summed E-state index contributed by atoms with van der Waals surface area (Å²) in [6, 6.07) is 7.77. The zero-order chi connectivity index (χ0) is 22.9. The Morgan fingerprint density at radius 2 is 1.88 bits per heavy atom. The highest BCUT2D eigenvalue weighted by atomic mass is 16.5. The van der Waals surface area contributed by atoms with Crippen LogP contribution in [0.4, 0.5) is 0 Å². The summed E-state index contributed by atoms with van der Waals surface area (Å²) in [7, 11) is 0. The van der Waals surface area contributed by atoms with Crippen molar-refractivity contribution in [2.75, 3.05) is 26.3 Å². The number of H-pyrrole nitrogens is 1. The molecule has 5 rings (SSSR count). The van der Waals surface area contributed by atoms with Gasteiger partial charge in [0, 0.05) is 48.1 Å². The zero-order valence-corrected chi connectivity index (χ0v) is 19.9. The SMILES string of the molecule is CC(C)c1c(C2=C/C(=C/N)N(N)C=C2)[nH]c2ccc(C3CCN(C4CCOCC4)CC3)cc12. The molecule has 0 atom stereocenters. The first-order valence-corrected chi connectivity index (χ1v) is 12.4. The second kappa shape index (κ2) is 9.37. The van der Waals surface area contributed by atoms with Gasteiger partial charge in [-0.05, 0) is 86.0 Å². The van der Waals surface area contributed by atoms with Crippen LogP contribution in [0.5, 0.6) is 0 Å². The Kier molecular flexibility index (Phi) is 6.32. The predicted molar refractivity (Wildman–Crippen MR) is 135 cm³/mol. The molecule has 33 heavy (non-hydrogen) atoms. The van der Waals surface area contributed by atoms with Gasteiger partial charge in [0.25, 0.3) is 0 Å². The van der Waals surface area contributed by atoms with Gasteiger partial charge in [-0.15, -0.1) is 0 Å². The van der Waals surface area contributed by atoms with Crippen LogP contribution in [0, 0.1) is 0 Å². The maximum Gasteiger partial charge on any atom is 0.0729 e. The fraction of sp³-hybridized carbons (Fsp3) is 0.481. The smallest absolute Gasteiger partial charge is 0.0729 e. The summed E-state index contributed by atoms with van der Waals surface area (Å²) in [5.74, 6) is 7.03. The number of benzene rings is 1. The first kappa shape index (κ1) is 22.3. The highest BCUT2D eigenvalue weighted by Crippen LogP contribution is 2.38. The van der Waals surface area contributed by atoms with Crippen LogP contribution in [0.2, 0.25) is 0 Å². The van der Waals surface area contributed by atoms with Crippen LogP contribution in [-0.2, 0) is 4.74 Å². The van der Waals surface area contributed by atoms with Crippen LogP contribution in [0.15, 0.2) is 48.4 Å². The van der Waals surface area contributed by atoms with Gasteiger partial charge >= 0.3 is 0 Å². The molecule has 4 heterocycles. The van der Waals surface area contributed by atoms with Crippen molar-refractivity contribution in [2.24, 2.45) is 11.6 Å². The molecule has 1 aromatic heterocycles. The molecule has 0 saturated carbocycles. The van der Waals surface area contributed by atoms with Crippen LogP contribution < -0.4 is 11.6 Å². The fourth-order valence-corrected chi connectivity index (χ4v) is 5.78. The summed E-state index contributed by atoms with van der Waals surface area (Å²) in [6.07, 6.45) is 12.4. The van der Waals surface area contributed by atoms with Crippen LogP contribution in [0.25, 0.3) is 16.5 Å². The van der Waals surface area contributed by atoms with Gasteiger partial charge in [0.05, 0.1) is 11.4 Å². The van der Waals surface area contributed by atoms with Crippen LogP contribution >= 0.6 is 0 Å². The van der Waals surface area contributed by atoms with Crippen LogP contribution in [0.1, 0.15) is 68.2 Å². The average molecular weight is 448 g/mol. The number of rotatable bonds is 4. The Labute approximate surface area is 196 Å². The number of nitrogens with zero attached hydrogens (tertiary/aromatic N) is 2. The van der Waals surface area contributed by atoms with Crippen molar-refractivity contribution < 1.29 is 4.74 Å². The number of allylic oxidation sites excluding steroid dienone is 3. The van der Waals surface area contributed by atoms with E-state index in [0.29, 0.717) is 11.8 Å². The summed E-state index contributed by atoms with van der Waals surface area (Å²) in [5, 5.41) is 2.89. The van der Waals surface area contributed by atoms with E-state index in [1.54, 1.807) is 11.2 Å². The lowest BCUT2D eigenvalue weighted by Gasteiger charge is -2.39. The molecule has 0 amide bonds. The maximum atomic E-state index is 6.00. The lowest BCUT2D eigenvalue weighted by molar-refractivity contribution is 0.0252. The molecule has 5 N–H and O–H groups in total. The number of hydrogen-bond acceptors (Lipinski definition) is 5. The summed E-state index contributed by atoms with van der Waals surface area (Å²) in [4.78, 5) is 6.39. The van der Waals surface area contributed by atoms with Gasteiger partial charge in [-0.3, -0.25) is 5.01 Å². The molecule has 0 unspecified atom stereocenters. The van der Waals surface area contributed by atoms with Crippen LogP contribution in [-0.4, -0.2) is 47.2 Å². The number of hydrogen-bond donors (Lipinski definition) is 3. The van der Waals surface area contributed by atoms with E-state index in [9.17, 15) is 0 Å². The number of nitrogens with two attached hydrogens (primary N) is 2. The number of hydrazine groups is 1. The molecule has 0 spiro atoms. The molecule has 176 valence electrons. The number of piperidine rings is 1. The largest absolute Gasteiger partial charge is 0.403 e. The monoisotopic (exact) mass is 447 g/mol. The maximum absolute atomic E-state index is 6.00. The number of ether oxygens (including phenoxy) is 1. The fourth-order valence-electron chi connectivity index (χ4n) is 5.78. The molecule has 0 aliphatic carbocycles. The zero-order valence-electron chi connectivity index (χ0n) is 19.9. The normalized spacial score (nSPS) is 22.6. The first-order chi connectivity index (χ1) is 16.0. The van der Waals surface area contributed by atoms with Gasteiger partial charge in [0.2, 0.25) is 0 Å². The van der Waals surface area contributed by atoms with E-state index in [-0.39, 0.29) is 0 Å². The van der Waals surface area contributed by atoms with Gasteiger partial charge in [-0.1, -0.05) is 19.9 Å². The number of nitrogens with one attached hydrogen (secondary N) is 1. The molecular weight excluding hydrogens is 410 g/mol. The van der Waals surface area contributed by atoms with Crippen molar-refractivity contribution >= 4 is 16.5 Å². The Morgan fingerprint density at radius 3 is 2.58 bits per heavy atom. The molecule has 3 aliphatic heterocycles. The summed E-state index contributed by atoms with van der Waals surface area (Å²) >= 11 is 0. The second-order valence-electron chi connectivity index (χ2n) is 9.94. The minimum Gasteiger partial charge on any atom is -0.403 e. The third-order valence-electron chi connectivity index (χ3n) is 7.62. The summed E-state index contributed by atoms with van der Waals surface area (Å²) < 4.78 is 5.56. The van der Waals surface area contributed by atoms with Gasteiger partial charge in [0.15, 0.2) is 0 Å². The van der Waals surface area contributed by atoms with E-state index < -0.39 is 0 Å². The summed E-state index contributed by atoms with van der Waals surface area (Å²) in [5.41, 5.74) is 12.9. The molecule has 0 radical (unpaired) electrons. The third-order valence-corrected chi connectivity index (χ3v) is 7.62. The first-order valence-electron chi connectivity index (χ1n) is 12.4. The molecule has 6 heteroatoms. The lowest BCUT2D eigenvalue weighted by Crippen LogP contribution is -2.43. The van der Waals surface area contributed by atoms with Crippen molar-refractivity contribution in [1.29, 1.82) is 0 Å². The number of likely N-dealkylation sites (tertiary alicyclic amines) is 1. The minimum absolute atomic E-state index is 0.398. The number of aromatic amines is 1. The van der Waals surface area contributed by atoms with Crippen molar-refractivity contribution in [3.8, 4) is 0 Å². The standard InChI is InChI=1S/C27H37N5O/c1-18(2)26-24-16-20(19-5-10-31(11-6-19)22-8-13-33-14-9-22)3-4-25(24)30-27(26)21-7-12-32(29)23(15-21)17-28/h3-4,7,12,15-19,22,30H,5-6,8-11,13-14,28-29H2,1-2H3/b23-17-. The molecule has 2 saturated heterocycles. The minimum atomic E-state index is 0.398. The van der Waals surface area contributed by atoms with Gasteiger partial charge in [-0.25, -0.2) is 5.84 Å². The Balaban J connectivity index is 1.41. The van der Waals surface area contributed by atoms with Crippen molar-refractivity contribution in [3.63, 3.8) is 0 Å². The highest BCUT2D eigenvalue weighted by molar-refractivity contribution is 5.92. The van der Waals surface area contributed by atoms with Gasteiger partial charge < -0.3 is 20.4 Å². The van der Waals surface area contributed by atoms with Crippen molar-refractivity contribution in [1.82, 2.24) is 14.9 Å². The average Bonchev–Trinajstić information content (AvgIpc) is 3.24. The van der Waals surface area contributed by atoms with E-state index in [4.69, 9.17) is 16.3 Å². The Hall–Kier alpha value is -2.54. The molecule has 1 aromatic carbocycles. The number of fused-ring (bicyclic) bond motifs is 1. The van der Waals surface area contributed by atoms with E-state index >= 15 is 0 Å². The molecule has 2 aromatic rings. The lowest BCUT2D eigenvalue weighted by atomic mass is 9.86. The van der Waals surface area contributed by atoms with E-state index in [2.05, 4.69) is 48.0 Å². The van der Waals surface area contributed by atoms with Crippen molar-refractivity contribution in [2.45, 2.75) is 57.4 Å². The van der Waals surface area contributed by atoms with Gasteiger partial charge in [0.1, 0.15) is 0 Å². The van der Waals surface area contributed by atoms with E-state index in [1.165, 1.54) is 60.8 Å². The van der Waals surface area contributed by atoms with E-state index in [0.717, 1.165) is 36.2 Å². The Morgan fingerprint density at radius 1 is 1.12 bits per heavy atom. The quantitative estimate of drug-likeness (QED) is 0.600. The second-order valence-corrected chi connectivity index (χ2v) is 9.94. The van der Waals surface area contributed by atoms with Crippen molar-refractivity contribution in [3.05, 3.63) is 65.3 Å². The molecule has 3 aliphatic rings. The predicted octanol–water partition coefficient (Wildman–Crippen LogP) is 4.54. The molecule has 6 nitrogen and oxygen atoms in total. The number of aromatic nitrogens is 1. The summed E-state index contributed by atoms with van der Waals surface area (Å²) in [6.45, 7) is 8.79. The van der Waals surface area contributed by atoms with E-state index in [1.807, 2.05) is 12.3 Å². The Bertz CT molecular complexity index is 1080.